The molecular weight excluding hydrogens is 386 g/mol. The lowest BCUT2D eigenvalue weighted by molar-refractivity contribution is -0.112. The summed E-state index contributed by atoms with van der Waals surface area (Å²) >= 11 is 0. The van der Waals surface area contributed by atoms with Crippen LogP contribution in [0.25, 0.3) is 28.2 Å². The van der Waals surface area contributed by atoms with Gasteiger partial charge in [-0.1, -0.05) is 60.7 Å². The summed E-state index contributed by atoms with van der Waals surface area (Å²) < 4.78 is 5.51. The zero-order valence-electron chi connectivity index (χ0n) is 17.3. The maximum atomic E-state index is 12.9. The number of methoxy groups -OCH3 is 1. The fourth-order valence-electron chi connectivity index (χ4n) is 3.56. The number of rotatable bonds is 5. The van der Waals surface area contributed by atoms with Gasteiger partial charge in [-0.25, -0.2) is 0 Å². The number of aromatic nitrogens is 1. The second kappa shape index (κ2) is 8.60. The SMILES string of the molecule is COc1cccc2c(/C=C(\C#N)C(=O)Nc3ccccc3C)c(-c3ccccc3)[nH]c12. The predicted molar refractivity (Wildman–Crippen MR) is 124 cm³/mol. The molecule has 0 unspecified atom stereocenters. The quantitative estimate of drug-likeness (QED) is 0.329. The van der Waals surface area contributed by atoms with E-state index in [9.17, 15) is 10.1 Å². The van der Waals surface area contributed by atoms with Crippen LogP contribution in [0.2, 0.25) is 0 Å². The largest absolute Gasteiger partial charge is 0.495 e. The number of nitrogens with zero attached hydrogens (tertiary/aromatic N) is 1. The number of ether oxygens (including phenoxy) is 1. The molecule has 4 aromatic rings. The second-order valence-corrected chi connectivity index (χ2v) is 7.10. The van der Waals surface area contributed by atoms with E-state index in [0.29, 0.717) is 11.4 Å². The Hall–Kier alpha value is -4.30. The topological polar surface area (TPSA) is 77.9 Å². The van der Waals surface area contributed by atoms with Crippen molar-refractivity contribution in [1.82, 2.24) is 4.98 Å². The first-order chi connectivity index (χ1) is 15.1. The van der Waals surface area contributed by atoms with Gasteiger partial charge < -0.3 is 15.0 Å². The van der Waals surface area contributed by atoms with Crippen LogP contribution in [0.4, 0.5) is 5.69 Å². The summed E-state index contributed by atoms with van der Waals surface area (Å²) in [6, 6.07) is 25.0. The van der Waals surface area contributed by atoms with Crippen LogP contribution in [0, 0.1) is 18.3 Å². The third-order valence-electron chi connectivity index (χ3n) is 5.17. The van der Waals surface area contributed by atoms with Crippen LogP contribution in [-0.2, 0) is 4.79 Å². The number of aryl methyl sites for hydroxylation is 1. The zero-order valence-corrected chi connectivity index (χ0v) is 17.3. The summed E-state index contributed by atoms with van der Waals surface area (Å²) in [5.74, 6) is 0.241. The minimum atomic E-state index is -0.451. The predicted octanol–water partition coefficient (Wildman–Crippen LogP) is 5.70. The number of para-hydroxylation sites is 2. The molecule has 0 fully saturated rings. The van der Waals surface area contributed by atoms with Gasteiger partial charge in [0.25, 0.3) is 5.91 Å². The number of benzene rings is 3. The van der Waals surface area contributed by atoms with Gasteiger partial charge in [0.1, 0.15) is 17.4 Å². The molecule has 0 bridgehead atoms. The highest BCUT2D eigenvalue weighted by molar-refractivity contribution is 6.12. The minimum Gasteiger partial charge on any atom is -0.495 e. The highest BCUT2D eigenvalue weighted by Crippen LogP contribution is 2.36. The number of hydrogen-bond acceptors (Lipinski definition) is 3. The zero-order chi connectivity index (χ0) is 21.8. The highest BCUT2D eigenvalue weighted by atomic mass is 16.5. The van der Waals surface area contributed by atoms with Gasteiger partial charge in [-0.3, -0.25) is 4.79 Å². The molecule has 5 heteroatoms. The molecule has 0 saturated carbocycles. The van der Waals surface area contributed by atoms with Crippen LogP contribution in [0.5, 0.6) is 5.75 Å². The molecule has 152 valence electrons. The van der Waals surface area contributed by atoms with Crippen LogP contribution in [0.3, 0.4) is 0 Å². The van der Waals surface area contributed by atoms with Crippen LogP contribution >= 0.6 is 0 Å². The molecule has 1 amide bonds. The molecule has 1 heterocycles. The van der Waals surface area contributed by atoms with Crippen LogP contribution in [-0.4, -0.2) is 18.0 Å². The smallest absolute Gasteiger partial charge is 0.266 e. The molecular formula is C26H21N3O2. The first-order valence-corrected chi connectivity index (χ1v) is 9.85. The Morgan fingerprint density at radius 1 is 1.03 bits per heavy atom. The average Bonchev–Trinajstić information content (AvgIpc) is 3.18. The van der Waals surface area contributed by atoms with E-state index in [0.717, 1.165) is 33.3 Å². The van der Waals surface area contributed by atoms with Gasteiger partial charge in [0.15, 0.2) is 0 Å². The monoisotopic (exact) mass is 407 g/mol. The van der Waals surface area contributed by atoms with Crippen molar-refractivity contribution in [3.8, 4) is 23.1 Å². The number of carbonyl (C=O) groups excluding carboxylic acids is 1. The maximum absolute atomic E-state index is 12.9. The molecule has 3 aromatic carbocycles. The molecule has 0 atom stereocenters. The number of carbonyl (C=O) groups is 1. The Labute approximate surface area is 180 Å². The Morgan fingerprint density at radius 3 is 2.48 bits per heavy atom. The van der Waals surface area contributed by atoms with Crippen molar-refractivity contribution in [3.05, 3.63) is 89.5 Å². The maximum Gasteiger partial charge on any atom is 0.266 e. The summed E-state index contributed by atoms with van der Waals surface area (Å²) in [4.78, 5) is 16.3. The Kier molecular flexibility index (Phi) is 5.55. The van der Waals surface area contributed by atoms with Crippen molar-refractivity contribution in [2.75, 3.05) is 12.4 Å². The number of H-pyrrole nitrogens is 1. The normalized spacial score (nSPS) is 11.2. The highest BCUT2D eigenvalue weighted by Gasteiger charge is 2.18. The van der Waals surface area contributed by atoms with E-state index in [4.69, 9.17) is 4.74 Å². The molecule has 1 aromatic heterocycles. The Morgan fingerprint density at radius 2 is 1.77 bits per heavy atom. The van der Waals surface area contributed by atoms with E-state index in [1.165, 1.54) is 0 Å². The number of fused-ring (bicyclic) bond motifs is 1. The third kappa shape index (κ3) is 3.92. The molecule has 31 heavy (non-hydrogen) atoms. The van der Waals surface area contributed by atoms with Crippen LogP contribution in [0.1, 0.15) is 11.1 Å². The van der Waals surface area contributed by atoms with Gasteiger partial charge in [0.2, 0.25) is 0 Å². The summed E-state index contributed by atoms with van der Waals surface area (Å²) in [6.45, 7) is 1.91. The molecule has 5 nitrogen and oxygen atoms in total. The number of nitriles is 1. The average molecular weight is 407 g/mol. The number of amides is 1. The summed E-state index contributed by atoms with van der Waals surface area (Å²) in [5.41, 5.74) is 4.96. The van der Waals surface area contributed by atoms with Gasteiger partial charge >= 0.3 is 0 Å². The van der Waals surface area contributed by atoms with E-state index in [1.807, 2.05) is 79.7 Å². The molecule has 0 saturated heterocycles. The van der Waals surface area contributed by atoms with Crippen LogP contribution < -0.4 is 10.1 Å². The summed E-state index contributed by atoms with van der Waals surface area (Å²) in [7, 11) is 1.61. The third-order valence-corrected chi connectivity index (χ3v) is 5.17. The number of aromatic amines is 1. The molecule has 0 radical (unpaired) electrons. The number of anilines is 1. The number of nitrogens with one attached hydrogen (secondary N) is 2. The first kappa shape index (κ1) is 20.0. The van der Waals surface area contributed by atoms with Gasteiger partial charge in [-0.15, -0.1) is 0 Å². The van der Waals surface area contributed by atoms with Crippen molar-refractivity contribution in [2.45, 2.75) is 6.92 Å². The van der Waals surface area contributed by atoms with E-state index < -0.39 is 5.91 Å². The molecule has 2 N–H and O–H groups in total. The van der Waals surface area contributed by atoms with Crippen molar-refractivity contribution in [3.63, 3.8) is 0 Å². The van der Waals surface area contributed by atoms with Gasteiger partial charge in [-0.05, 0) is 36.3 Å². The minimum absolute atomic E-state index is 0.0177. The van der Waals surface area contributed by atoms with E-state index in [2.05, 4.69) is 16.4 Å². The lowest BCUT2D eigenvalue weighted by Gasteiger charge is -2.07. The van der Waals surface area contributed by atoms with Crippen LogP contribution in [0.15, 0.2) is 78.4 Å². The lowest BCUT2D eigenvalue weighted by Crippen LogP contribution is -2.14. The fraction of sp³-hybridized carbons (Fsp3) is 0.0769. The van der Waals surface area contributed by atoms with Crippen molar-refractivity contribution in [2.24, 2.45) is 0 Å². The van der Waals surface area contributed by atoms with E-state index in [-0.39, 0.29) is 5.57 Å². The van der Waals surface area contributed by atoms with Gasteiger partial charge in [-0.2, -0.15) is 5.26 Å². The summed E-state index contributed by atoms with van der Waals surface area (Å²) in [6.07, 6.45) is 1.63. The molecule has 0 spiro atoms. The van der Waals surface area contributed by atoms with Gasteiger partial charge in [0.05, 0.1) is 18.3 Å². The fourth-order valence-corrected chi connectivity index (χ4v) is 3.56. The molecule has 0 aliphatic heterocycles. The van der Waals surface area contributed by atoms with Crippen molar-refractivity contribution in [1.29, 1.82) is 5.26 Å². The van der Waals surface area contributed by atoms with E-state index >= 15 is 0 Å². The molecule has 0 aliphatic rings. The standard InChI is InChI=1S/C26H21N3O2/c1-17-9-6-7-13-22(17)28-26(30)19(16-27)15-21-20-12-8-14-23(31-2)25(20)29-24(21)18-10-4-3-5-11-18/h3-15,29H,1-2H3,(H,28,30)/b19-15+. The first-order valence-electron chi connectivity index (χ1n) is 9.85. The van der Waals surface area contributed by atoms with Gasteiger partial charge in [0, 0.05) is 16.6 Å². The molecule has 4 rings (SSSR count). The van der Waals surface area contributed by atoms with Crippen molar-refractivity contribution < 1.29 is 9.53 Å². The number of hydrogen-bond donors (Lipinski definition) is 2. The Bertz CT molecular complexity index is 1330. The molecule has 0 aliphatic carbocycles. The van der Waals surface area contributed by atoms with Crippen molar-refractivity contribution >= 4 is 28.6 Å². The van der Waals surface area contributed by atoms with E-state index in [1.54, 1.807) is 13.2 Å². The Balaban J connectivity index is 1.85. The summed E-state index contributed by atoms with van der Waals surface area (Å²) in [5, 5.41) is 13.5. The lowest BCUT2D eigenvalue weighted by atomic mass is 10.0. The second-order valence-electron chi connectivity index (χ2n) is 7.10.